The van der Waals surface area contributed by atoms with Crippen molar-refractivity contribution >= 4 is 17.7 Å². The number of rotatable bonds is 8. The molecule has 0 bridgehead atoms. The lowest BCUT2D eigenvalue weighted by molar-refractivity contribution is -0.120. The summed E-state index contributed by atoms with van der Waals surface area (Å²) in [6.45, 7) is 4.13. The molecule has 1 aromatic rings. The molecule has 1 amide bonds. The molecule has 0 aliphatic carbocycles. The number of hydrogen-bond donors (Lipinski definition) is 2. The van der Waals surface area contributed by atoms with E-state index >= 15 is 0 Å². The zero-order valence-corrected chi connectivity index (χ0v) is 12.0. The number of nitrogens with one attached hydrogen (secondary N) is 2. The average Bonchev–Trinajstić information content (AvgIpc) is 2.39. The molecule has 0 fully saturated rings. The van der Waals surface area contributed by atoms with Crippen LogP contribution in [-0.2, 0) is 11.3 Å². The van der Waals surface area contributed by atoms with E-state index in [0.717, 1.165) is 25.3 Å². The van der Waals surface area contributed by atoms with Crippen molar-refractivity contribution in [2.24, 2.45) is 0 Å². The molecule has 1 rings (SSSR count). The van der Waals surface area contributed by atoms with Crippen molar-refractivity contribution in [3.8, 4) is 0 Å². The van der Waals surface area contributed by atoms with Crippen LogP contribution in [0.15, 0.2) is 29.2 Å². The maximum Gasteiger partial charge on any atom is 0.220 e. The SMILES string of the molecule is CCCNCc1cccc(SCCC(=O)NC)c1. The van der Waals surface area contributed by atoms with E-state index in [9.17, 15) is 4.79 Å². The molecule has 18 heavy (non-hydrogen) atoms. The van der Waals surface area contributed by atoms with E-state index < -0.39 is 0 Å². The van der Waals surface area contributed by atoms with Crippen molar-refractivity contribution in [2.45, 2.75) is 31.2 Å². The lowest BCUT2D eigenvalue weighted by atomic mass is 10.2. The first-order chi connectivity index (χ1) is 8.76. The molecule has 1 aromatic carbocycles. The first-order valence-corrected chi connectivity index (χ1v) is 7.38. The number of carbonyl (C=O) groups is 1. The molecule has 0 heterocycles. The second-order valence-electron chi connectivity index (χ2n) is 4.10. The van der Waals surface area contributed by atoms with E-state index in [-0.39, 0.29) is 5.91 Å². The lowest BCUT2D eigenvalue weighted by Crippen LogP contribution is -2.17. The zero-order valence-electron chi connectivity index (χ0n) is 11.2. The Bertz CT molecular complexity index is 369. The highest BCUT2D eigenvalue weighted by molar-refractivity contribution is 7.99. The van der Waals surface area contributed by atoms with Gasteiger partial charge in [-0.25, -0.2) is 0 Å². The van der Waals surface area contributed by atoms with Crippen LogP contribution in [0, 0.1) is 0 Å². The highest BCUT2D eigenvalue weighted by Gasteiger charge is 2.00. The normalized spacial score (nSPS) is 10.3. The summed E-state index contributed by atoms with van der Waals surface area (Å²) in [6, 6.07) is 8.49. The van der Waals surface area contributed by atoms with Gasteiger partial charge < -0.3 is 10.6 Å². The highest BCUT2D eigenvalue weighted by atomic mass is 32.2. The summed E-state index contributed by atoms with van der Waals surface area (Å²) in [7, 11) is 1.67. The number of thioether (sulfide) groups is 1. The number of carbonyl (C=O) groups excluding carboxylic acids is 1. The second kappa shape index (κ2) is 9.00. The van der Waals surface area contributed by atoms with Gasteiger partial charge >= 0.3 is 0 Å². The first kappa shape index (κ1) is 15.1. The predicted molar refractivity (Wildman–Crippen MR) is 77.8 cm³/mol. The van der Waals surface area contributed by atoms with Crippen molar-refractivity contribution < 1.29 is 4.79 Å². The molecule has 0 saturated heterocycles. The fourth-order valence-electron chi connectivity index (χ4n) is 1.54. The summed E-state index contributed by atoms with van der Waals surface area (Å²) in [6.07, 6.45) is 1.72. The Labute approximate surface area is 114 Å². The smallest absolute Gasteiger partial charge is 0.220 e. The molecule has 0 unspecified atom stereocenters. The molecular weight excluding hydrogens is 244 g/mol. The molecule has 0 atom stereocenters. The average molecular weight is 266 g/mol. The predicted octanol–water partition coefficient (Wildman–Crippen LogP) is 2.41. The maximum absolute atomic E-state index is 11.1. The summed E-state index contributed by atoms with van der Waals surface area (Å²) in [5.74, 6) is 0.925. The van der Waals surface area contributed by atoms with Crippen molar-refractivity contribution in [1.82, 2.24) is 10.6 Å². The Morgan fingerprint density at radius 1 is 1.39 bits per heavy atom. The largest absolute Gasteiger partial charge is 0.359 e. The standard InChI is InChI=1S/C14H22N2OS/c1-3-8-16-11-12-5-4-6-13(10-12)18-9-7-14(17)15-2/h4-6,10,16H,3,7-9,11H2,1-2H3,(H,15,17). The Morgan fingerprint density at radius 2 is 2.22 bits per heavy atom. The van der Waals surface area contributed by atoms with Gasteiger partial charge in [-0.2, -0.15) is 0 Å². The van der Waals surface area contributed by atoms with Gasteiger partial charge in [-0.05, 0) is 30.7 Å². The third-order valence-corrected chi connectivity index (χ3v) is 3.53. The van der Waals surface area contributed by atoms with Crippen LogP contribution in [0.1, 0.15) is 25.3 Å². The van der Waals surface area contributed by atoms with E-state index in [1.165, 1.54) is 10.5 Å². The van der Waals surface area contributed by atoms with Crippen molar-refractivity contribution in [3.05, 3.63) is 29.8 Å². The van der Waals surface area contributed by atoms with Crippen LogP contribution in [0.25, 0.3) is 0 Å². The molecule has 0 aliphatic heterocycles. The summed E-state index contributed by atoms with van der Waals surface area (Å²) in [5, 5.41) is 6.02. The quantitative estimate of drug-likeness (QED) is 0.561. The van der Waals surface area contributed by atoms with Crippen LogP contribution in [-0.4, -0.2) is 25.3 Å². The number of amides is 1. The zero-order chi connectivity index (χ0) is 13.2. The van der Waals surface area contributed by atoms with Gasteiger partial charge in [0, 0.05) is 30.7 Å². The van der Waals surface area contributed by atoms with Gasteiger partial charge in [0.05, 0.1) is 0 Å². The Morgan fingerprint density at radius 3 is 2.94 bits per heavy atom. The van der Waals surface area contributed by atoms with E-state index in [1.54, 1.807) is 18.8 Å². The van der Waals surface area contributed by atoms with E-state index in [0.29, 0.717) is 6.42 Å². The molecule has 100 valence electrons. The van der Waals surface area contributed by atoms with Crippen molar-refractivity contribution in [2.75, 3.05) is 19.3 Å². The summed E-state index contributed by atoms with van der Waals surface area (Å²) < 4.78 is 0. The Kier molecular flexibility index (Phi) is 7.53. The van der Waals surface area contributed by atoms with Crippen LogP contribution in [0.5, 0.6) is 0 Å². The minimum atomic E-state index is 0.100. The number of benzene rings is 1. The minimum Gasteiger partial charge on any atom is -0.359 e. The van der Waals surface area contributed by atoms with Gasteiger partial charge in [0.2, 0.25) is 5.91 Å². The third-order valence-electron chi connectivity index (χ3n) is 2.53. The molecule has 3 nitrogen and oxygen atoms in total. The lowest BCUT2D eigenvalue weighted by Gasteiger charge is -2.06. The third kappa shape index (κ3) is 6.07. The van der Waals surface area contributed by atoms with Crippen LogP contribution >= 0.6 is 11.8 Å². The van der Waals surface area contributed by atoms with Gasteiger partial charge in [-0.1, -0.05) is 19.1 Å². The van der Waals surface area contributed by atoms with Crippen LogP contribution in [0.3, 0.4) is 0 Å². The molecule has 0 spiro atoms. The highest BCUT2D eigenvalue weighted by Crippen LogP contribution is 2.19. The first-order valence-electron chi connectivity index (χ1n) is 6.39. The second-order valence-corrected chi connectivity index (χ2v) is 5.26. The molecule has 2 N–H and O–H groups in total. The molecular formula is C14H22N2OS. The van der Waals surface area contributed by atoms with E-state index in [4.69, 9.17) is 0 Å². The topological polar surface area (TPSA) is 41.1 Å². The van der Waals surface area contributed by atoms with Gasteiger partial charge in [0.25, 0.3) is 0 Å². The van der Waals surface area contributed by atoms with Crippen LogP contribution in [0.2, 0.25) is 0 Å². The van der Waals surface area contributed by atoms with Gasteiger partial charge in [-0.15, -0.1) is 11.8 Å². The van der Waals surface area contributed by atoms with Gasteiger partial charge in [-0.3, -0.25) is 4.79 Å². The Hall–Kier alpha value is -1.00. The van der Waals surface area contributed by atoms with Crippen molar-refractivity contribution in [1.29, 1.82) is 0 Å². The van der Waals surface area contributed by atoms with Gasteiger partial charge in [0.1, 0.15) is 0 Å². The minimum absolute atomic E-state index is 0.100. The van der Waals surface area contributed by atoms with Gasteiger partial charge in [0.15, 0.2) is 0 Å². The summed E-state index contributed by atoms with van der Waals surface area (Å²) in [4.78, 5) is 12.3. The van der Waals surface area contributed by atoms with E-state index in [2.05, 4.69) is 41.8 Å². The monoisotopic (exact) mass is 266 g/mol. The molecule has 4 heteroatoms. The van der Waals surface area contributed by atoms with E-state index in [1.807, 2.05) is 0 Å². The fourth-order valence-corrected chi connectivity index (χ4v) is 2.47. The summed E-state index contributed by atoms with van der Waals surface area (Å²) in [5.41, 5.74) is 1.30. The van der Waals surface area contributed by atoms with Crippen molar-refractivity contribution in [3.63, 3.8) is 0 Å². The maximum atomic E-state index is 11.1. The van der Waals surface area contributed by atoms with Crippen LogP contribution in [0.4, 0.5) is 0 Å². The van der Waals surface area contributed by atoms with Crippen LogP contribution < -0.4 is 10.6 Å². The molecule has 0 aliphatic rings. The number of hydrogen-bond acceptors (Lipinski definition) is 3. The molecule has 0 radical (unpaired) electrons. The fraction of sp³-hybridized carbons (Fsp3) is 0.500. The summed E-state index contributed by atoms with van der Waals surface area (Å²) >= 11 is 1.73. The molecule has 0 saturated carbocycles. The molecule has 0 aromatic heterocycles. The Balaban J connectivity index is 2.36.